The average molecular weight is 418 g/mol. The molecule has 1 aromatic heterocycles. The maximum absolute atomic E-state index is 12.3. The highest BCUT2D eigenvalue weighted by atomic mass is 32.1. The smallest absolute Gasteiger partial charge is 0.355 e. The van der Waals surface area contributed by atoms with Crippen LogP contribution in [0.4, 0.5) is 5.69 Å². The van der Waals surface area contributed by atoms with E-state index in [1.54, 1.807) is 40.5 Å². The van der Waals surface area contributed by atoms with Gasteiger partial charge in [-0.05, 0) is 31.2 Å². The number of ether oxygens (including phenoxy) is 4. The maximum Gasteiger partial charge on any atom is 0.355 e. The number of rotatable bonds is 7. The van der Waals surface area contributed by atoms with Crippen molar-refractivity contribution in [3.63, 3.8) is 0 Å². The van der Waals surface area contributed by atoms with Gasteiger partial charge in [-0.3, -0.25) is 0 Å². The van der Waals surface area contributed by atoms with Crippen LogP contribution >= 0.6 is 11.3 Å². The number of methoxy groups -OCH3 is 2. The second kappa shape index (κ2) is 9.53. The molecule has 2 aromatic rings. The minimum absolute atomic E-state index is 0.0220. The average Bonchev–Trinajstić information content (AvgIpc) is 3.17. The lowest BCUT2D eigenvalue weighted by Crippen LogP contribution is -2.38. The first kappa shape index (κ1) is 20.8. The van der Waals surface area contributed by atoms with Crippen LogP contribution in [0.1, 0.15) is 10.6 Å². The highest BCUT2D eigenvalue weighted by Gasteiger charge is 2.32. The van der Waals surface area contributed by atoms with Crippen LogP contribution in [0.3, 0.4) is 0 Å². The third kappa shape index (κ3) is 4.75. The normalized spacial score (nSPS) is 14.0. The molecule has 0 spiro atoms. The van der Waals surface area contributed by atoms with Crippen LogP contribution in [0.15, 0.2) is 41.0 Å². The van der Waals surface area contributed by atoms with Crippen LogP contribution in [-0.2, 0) is 30.2 Å². The van der Waals surface area contributed by atoms with Gasteiger partial charge in [0.25, 0.3) is 0 Å². The predicted octanol–water partition coefficient (Wildman–Crippen LogP) is 2.47. The van der Waals surface area contributed by atoms with E-state index < -0.39 is 11.9 Å². The molecule has 154 valence electrons. The van der Waals surface area contributed by atoms with E-state index in [2.05, 4.69) is 4.98 Å². The van der Waals surface area contributed by atoms with E-state index in [1.807, 2.05) is 12.4 Å². The summed E-state index contributed by atoms with van der Waals surface area (Å²) in [6.07, 6.45) is 0.788. The predicted molar refractivity (Wildman–Crippen MR) is 107 cm³/mol. The standard InChI is InChI=1S/C20H22N2O6S/c1-13-17(29-11-21-13)8-9-28-15-6-4-14(5-7-15)22-12-27-10-16(19(23)25-2)18(22)20(24)26-3/h4-7,11H,8-10,12H2,1-3H3. The Hall–Kier alpha value is -2.91. The number of aromatic nitrogens is 1. The van der Waals surface area contributed by atoms with Gasteiger partial charge in [-0.25, -0.2) is 14.6 Å². The first-order chi connectivity index (χ1) is 14.0. The van der Waals surface area contributed by atoms with Gasteiger partial charge >= 0.3 is 11.9 Å². The quantitative estimate of drug-likeness (QED) is 0.634. The second-order valence-corrected chi connectivity index (χ2v) is 7.11. The Bertz CT molecular complexity index is 906. The Labute approximate surface area is 172 Å². The molecule has 0 saturated carbocycles. The van der Waals surface area contributed by atoms with Gasteiger partial charge in [0.2, 0.25) is 0 Å². The zero-order valence-corrected chi connectivity index (χ0v) is 17.3. The number of nitrogens with zero attached hydrogens (tertiary/aromatic N) is 2. The van der Waals surface area contributed by atoms with Gasteiger partial charge < -0.3 is 23.8 Å². The highest BCUT2D eigenvalue weighted by molar-refractivity contribution is 7.09. The molecule has 29 heavy (non-hydrogen) atoms. The van der Waals surface area contributed by atoms with Gasteiger partial charge in [-0.1, -0.05) is 0 Å². The molecule has 3 rings (SSSR count). The van der Waals surface area contributed by atoms with Crippen molar-refractivity contribution in [2.24, 2.45) is 0 Å². The van der Waals surface area contributed by atoms with E-state index in [-0.39, 0.29) is 24.6 Å². The Balaban J connectivity index is 1.74. The SMILES string of the molecule is COC(=O)C1=C(C(=O)OC)N(c2ccc(OCCc3scnc3C)cc2)COC1. The first-order valence-corrected chi connectivity index (χ1v) is 9.80. The second-order valence-electron chi connectivity index (χ2n) is 6.17. The summed E-state index contributed by atoms with van der Waals surface area (Å²) in [7, 11) is 2.52. The molecular weight excluding hydrogens is 396 g/mol. The van der Waals surface area contributed by atoms with E-state index >= 15 is 0 Å². The molecule has 0 fully saturated rings. The molecule has 9 heteroatoms. The van der Waals surface area contributed by atoms with E-state index in [4.69, 9.17) is 18.9 Å². The molecule has 0 bridgehead atoms. The van der Waals surface area contributed by atoms with Gasteiger partial charge in [-0.2, -0.15) is 0 Å². The van der Waals surface area contributed by atoms with Gasteiger partial charge in [0.15, 0.2) is 0 Å². The molecule has 1 aliphatic heterocycles. The Morgan fingerprint density at radius 2 is 1.90 bits per heavy atom. The van der Waals surface area contributed by atoms with Crippen molar-refractivity contribution in [2.45, 2.75) is 13.3 Å². The van der Waals surface area contributed by atoms with E-state index in [9.17, 15) is 9.59 Å². The summed E-state index contributed by atoms with van der Waals surface area (Å²) < 4.78 is 20.9. The number of carbonyl (C=O) groups excluding carboxylic acids is 2. The van der Waals surface area contributed by atoms with Crippen LogP contribution < -0.4 is 9.64 Å². The fourth-order valence-electron chi connectivity index (χ4n) is 2.90. The Kier molecular flexibility index (Phi) is 6.84. The summed E-state index contributed by atoms with van der Waals surface area (Å²) in [6, 6.07) is 7.19. The molecule has 1 aliphatic rings. The Morgan fingerprint density at radius 1 is 1.17 bits per heavy atom. The maximum atomic E-state index is 12.3. The summed E-state index contributed by atoms with van der Waals surface area (Å²) in [6.45, 7) is 2.60. The minimum atomic E-state index is -0.631. The van der Waals surface area contributed by atoms with Gasteiger partial charge in [0.1, 0.15) is 18.2 Å². The largest absolute Gasteiger partial charge is 0.493 e. The topological polar surface area (TPSA) is 87.2 Å². The lowest BCUT2D eigenvalue weighted by Gasteiger charge is -2.31. The molecule has 2 heterocycles. The Morgan fingerprint density at radius 3 is 2.52 bits per heavy atom. The number of thiazole rings is 1. The minimum Gasteiger partial charge on any atom is -0.493 e. The number of anilines is 1. The van der Waals surface area contributed by atoms with E-state index in [0.717, 1.165) is 12.1 Å². The number of carbonyl (C=O) groups is 2. The van der Waals surface area contributed by atoms with Gasteiger partial charge in [0, 0.05) is 17.0 Å². The molecular formula is C20H22N2O6S. The summed E-state index contributed by atoms with van der Waals surface area (Å²) in [5.74, 6) is -0.562. The van der Waals surface area contributed by atoms with Crippen molar-refractivity contribution in [3.05, 3.63) is 51.6 Å². The summed E-state index contributed by atoms with van der Waals surface area (Å²) >= 11 is 1.62. The fourth-order valence-corrected chi connectivity index (χ4v) is 3.66. The van der Waals surface area contributed by atoms with Gasteiger partial charge in [-0.15, -0.1) is 11.3 Å². The molecule has 0 radical (unpaired) electrons. The summed E-state index contributed by atoms with van der Waals surface area (Å²) in [5, 5.41) is 0. The van der Waals surface area contributed by atoms with E-state index in [1.165, 1.54) is 19.1 Å². The molecule has 0 atom stereocenters. The number of benzene rings is 1. The number of aryl methyl sites for hydroxylation is 1. The van der Waals surface area contributed by atoms with Crippen molar-refractivity contribution in [2.75, 3.05) is 39.1 Å². The van der Waals surface area contributed by atoms with Gasteiger partial charge in [0.05, 0.1) is 44.2 Å². The monoisotopic (exact) mass is 418 g/mol. The number of esters is 2. The third-order valence-electron chi connectivity index (χ3n) is 4.42. The number of hydrogen-bond donors (Lipinski definition) is 0. The van der Waals surface area contributed by atoms with E-state index in [0.29, 0.717) is 18.0 Å². The lowest BCUT2D eigenvalue weighted by molar-refractivity contribution is -0.140. The van der Waals surface area contributed by atoms with Crippen molar-refractivity contribution in [1.29, 1.82) is 0 Å². The zero-order chi connectivity index (χ0) is 20.8. The molecule has 0 N–H and O–H groups in total. The molecule has 0 saturated heterocycles. The van der Waals surface area contributed by atoms with Crippen LogP contribution in [0, 0.1) is 6.92 Å². The zero-order valence-electron chi connectivity index (χ0n) is 16.5. The molecule has 8 nitrogen and oxygen atoms in total. The first-order valence-electron chi connectivity index (χ1n) is 8.92. The van der Waals surface area contributed by atoms with Crippen molar-refractivity contribution in [1.82, 2.24) is 4.98 Å². The van der Waals surface area contributed by atoms with Crippen molar-refractivity contribution in [3.8, 4) is 5.75 Å². The number of hydrogen-bond acceptors (Lipinski definition) is 9. The highest BCUT2D eigenvalue weighted by Crippen LogP contribution is 2.28. The molecule has 0 aliphatic carbocycles. The molecule has 0 amide bonds. The molecule has 0 unspecified atom stereocenters. The third-order valence-corrected chi connectivity index (χ3v) is 5.42. The van der Waals surface area contributed by atoms with Crippen molar-refractivity contribution < 1.29 is 28.5 Å². The van der Waals surface area contributed by atoms with Crippen LogP contribution in [-0.4, -0.2) is 51.1 Å². The van der Waals surface area contributed by atoms with Crippen molar-refractivity contribution >= 4 is 29.0 Å². The lowest BCUT2D eigenvalue weighted by atomic mass is 10.1. The van der Waals surface area contributed by atoms with Crippen LogP contribution in [0.5, 0.6) is 5.75 Å². The van der Waals surface area contributed by atoms with Crippen LogP contribution in [0.25, 0.3) is 0 Å². The molecule has 1 aromatic carbocycles. The fraction of sp³-hybridized carbons (Fsp3) is 0.350. The van der Waals surface area contributed by atoms with Crippen LogP contribution in [0.2, 0.25) is 0 Å². The summed E-state index contributed by atoms with van der Waals surface area (Å²) in [4.78, 5) is 31.4. The summed E-state index contributed by atoms with van der Waals surface area (Å²) in [5.41, 5.74) is 3.75.